The van der Waals surface area contributed by atoms with Crippen LogP contribution in [0.1, 0.15) is 45.6 Å². The van der Waals surface area contributed by atoms with E-state index in [1.807, 2.05) is 0 Å². The fourth-order valence-electron chi connectivity index (χ4n) is 2.25. The number of hydrogen-bond acceptors (Lipinski definition) is 1. The normalized spacial score (nSPS) is 11.3. The molecule has 1 nitrogen and oxygen atoms in total. The van der Waals surface area contributed by atoms with Crippen molar-refractivity contribution >= 4 is 26.2 Å². The van der Waals surface area contributed by atoms with Crippen LogP contribution >= 0.6 is 0 Å². The molecule has 15 heavy (non-hydrogen) atoms. The van der Waals surface area contributed by atoms with Crippen LogP contribution in [-0.2, 0) is 5.41 Å². The van der Waals surface area contributed by atoms with Crippen molar-refractivity contribution in [3.05, 3.63) is 29.8 Å². The van der Waals surface area contributed by atoms with E-state index < -0.39 is 0 Å². The van der Waals surface area contributed by atoms with Gasteiger partial charge >= 0.3 is 110 Å². The van der Waals surface area contributed by atoms with E-state index in [4.69, 9.17) is 2.69 Å². The summed E-state index contributed by atoms with van der Waals surface area (Å²) in [5.74, 6) is 1.01. The molecule has 0 fully saturated rings. The van der Waals surface area contributed by atoms with Crippen molar-refractivity contribution in [3.63, 3.8) is 0 Å². The van der Waals surface area contributed by atoms with Gasteiger partial charge in [0, 0.05) is 0 Å². The number of rotatable bonds is 5. The quantitative estimate of drug-likeness (QED) is 0.692. The van der Waals surface area contributed by atoms with Crippen molar-refractivity contribution in [2.24, 2.45) is 0 Å². The summed E-state index contributed by atoms with van der Waals surface area (Å²) in [5, 5.41) is 0. The molecule has 0 saturated carbocycles. The van der Waals surface area contributed by atoms with Crippen LogP contribution in [0.3, 0.4) is 0 Å². The first-order chi connectivity index (χ1) is 7.22. The average molecular weight is 396 g/mol. The monoisotopic (exact) mass is 396 g/mol. The zero-order valence-corrected chi connectivity index (χ0v) is 14.4. The number of benzene rings is 1. The van der Waals surface area contributed by atoms with Crippen LogP contribution in [0.5, 0.6) is 5.75 Å². The SMILES string of the molecule is CCC(CC)(CC)c1ccc([O][Tl])cc1. The third-order valence-corrected chi connectivity index (χ3v) is 4.69. The van der Waals surface area contributed by atoms with Crippen LogP contribution in [0, 0.1) is 0 Å². The summed E-state index contributed by atoms with van der Waals surface area (Å²) in [5.41, 5.74) is 1.83. The average Bonchev–Trinajstić information content (AvgIpc) is 2.33. The summed E-state index contributed by atoms with van der Waals surface area (Å²) < 4.78 is 5.35. The summed E-state index contributed by atoms with van der Waals surface area (Å²) in [6, 6.07) is 8.67. The van der Waals surface area contributed by atoms with Gasteiger partial charge in [0.25, 0.3) is 0 Å². The molecule has 80 valence electrons. The predicted octanol–water partition coefficient (Wildman–Crippen LogP) is 3.62. The molecular formula is C13H19OTl. The maximum atomic E-state index is 5.35. The van der Waals surface area contributed by atoms with E-state index in [0.717, 1.165) is 5.75 Å². The first-order valence-corrected chi connectivity index (χ1v) is 7.53. The molecule has 0 spiro atoms. The van der Waals surface area contributed by atoms with Crippen LogP contribution in [-0.4, -0.2) is 26.2 Å². The maximum absolute atomic E-state index is 5.35. The standard InChI is InChI=1S/C13H20O.Tl/c1-4-13(5-2,6-3)11-7-9-12(14)10-8-11;/h7-10,14H,4-6H2,1-3H3;/q;+1/p-1. The van der Waals surface area contributed by atoms with Crippen molar-refractivity contribution in [1.29, 1.82) is 0 Å². The van der Waals surface area contributed by atoms with Gasteiger partial charge in [-0.15, -0.1) is 0 Å². The van der Waals surface area contributed by atoms with Gasteiger partial charge in [0.05, 0.1) is 0 Å². The van der Waals surface area contributed by atoms with E-state index in [1.165, 1.54) is 24.8 Å². The molecule has 0 heterocycles. The van der Waals surface area contributed by atoms with Gasteiger partial charge in [0.15, 0.2) is 0 Å². The molecule has 2 heteroatoms. The Morgan fingerprint density at radius 1 is 1.00 bits per heavy atom. The van der Waals surface area contributed by atoms with Gasteiger partial charge in [-0.05, 0) is 0 Å². The Morgan fingerprint density at radius 2 is 1.47 bits per heavy atom. The fraction of sp³-hybridized carbons (Fsp3) is 0.538. The van der Waals surface area contributed by atoms with Crippen LogP contribution < -0.4 is 2.69 Å². The fourth-order valence-corrected chi connectivity index (χ4v) is 2.86. The van der Waals surface area contributed by atoms with Crippen molar-refractivity contribution in [3.8, 4) is 5.75 Å². The van der Waals surface area contributed by atoms with Crippen molar-refractivity contribution < 1.29 is 2.69 Å². The van der Waals surface area contributed by atoms with E-state index in [1.54, 1.807) is 0 Å². The molecule has 0 aliphatic carbocycles. The summed E-state index contributed by atoms with van der Waals surface area (Å²) in [6.45, 7) is 6.85. The van der Waals surface area contributed by atoms with Gasteiger partial charge in [0.1, 0.15) is 0 Å². The molecule has 0 amide bonds. The van der Waals surface area contributed by atoms with Crippen molar-refractivity contribution in [2.75, 3.05) is 0 Å². The molecule has 0 N–H and O–H groups in total. The Hall–Kier alpha value is -0.0579. The van der Waals surface area contributed by atoms with E-state index in [2.05, 4.69) is 45.0 Å². The second kappa shape index (κ2) is 5.87. The van der Waals surface area contributed by atoms with Gasteiger partial charge < -0.3 is 0 Å². The van der Waals surface area contributed by atoms with Gasteiger partial charge in [-0.25, -0.2) is 0 Å². The predicted molar refractivity (Wildman–Crippen MR) is 65.4 cm³/mol. The van der Waals surface area contributed by atoms with Crippen LogP contribution in [0.4, 0.5) is 0 Å². The van der Waals surface area contributed by atoms with E-state index in [-0.39, 0.29) is 0 Å². The van der Waals surface area contributed by atoms with E-state index in [9.17, 15) is 0 Å². The molecule has 0 radical (unpaired) electrons. The Bertz CT molecular complexity index is 280. The minimum absolute atomic E-state index is 0.367. The summed E-state index contributed by atoms with van der Waals surface area (Å²) in [7, 11) is 0. The molecule has 0 aromatic heterocycles. The first kappa shape index (κ1) is 13.0. The van der Waals surface area contributed by atoms with Crippen molar-refractivity contribution in [2.45, 2.75) is 45.4 Å². The second-order valence-corrected chi connectivity index (χ2v) is 4.90. The van der Waals surface area contributed by atoms with E-state index >= 15 is 0 Å². The summed E-state index contributed by atoms with van der Waals surface area (Å²) >= 11 is 0.578. The van der Waals surface area contributed by atoms with Crippen LogP contribution in [0.15, 0.2) is 24.3 Å². The van der Waals surface area contributed by atoms with Gasteiger partial charge in [-0.1, -0.05) is 0 Å². The zero-order chi connectivity index (χ0) is 11.3. The Balaban J connectivity index is 3.01. The first-order valence-electron chi connectivity index (χ1n) is 5.69. The van der Waals surface area contributed by atoms with Gasteiger partial charge in [-0.2, -0.15) is 0 Å². The Morgan fingerprint density at radius 3 is 1.80 bits per heavy atom. The molecule has 0 aliphatic rings. The van der Waals surface area contributed by atoms with Gasteiger partial charge in [-0.3, -0.25) is 0 Å². The summed E-state index contributed by atoms with van der Waals surface area (Å²) in [6.07, 6.45) is 3.63. The molecule has 0 atom stereocenters. The van der Waals surface area contributed by atoms with Gasteiger partial charge in [0.2, 0.25) is 0 Å². The molecule has 1 aromatic carbocycles. The third-order valence-electron chi connectivity index (χ3n) is 3.63. The third kappa shape index (κ3) is 2.74. The molecule has 1 rings (SSSR count). The molecule has 0 saturated heterocycles. The van der Waals surface area contributed by atoms with Crippen LogP contribution in [0.25, 0.3) is 0 Å². The molecule has 0 unspecified atom stereocenters. The Labute approximate surface area is 110 Å². The minimum atomic E-state index is 0.367. The topological polar surface area (TPSA) is 9.23 Å². The molecule has 0 bridgehead atoms. The molecule has 0 aliphatic heterocycles. The Kier molecular flexibility index (Phi) is 5.09. The van der Waals surface area contributed by atoms with Crippen LogP contribution in [0.2, 0.25) is 0 Å². The van der Waals surface area contributed by atoms with Crippen molar-refractivity contribution in [1.82, 2.24) is 0 Å². The molecular weight excluding hydrogens is 377 g/mol. The second-order valence-electron chi connectivity index (χ2n) is 3.98. The molecule has 1 aromatic rings. The number of hydrogen-bond donors (Lipinski definition) is 0. The summed E-state index contributed by atoms with van der Waals surface area (Å²) in [4.78, 5) is 0. The zero-order valence-electron chi connectivity index (χ0n) is 9.92. The van der Waals surface area contributed by atoms with E-state index in [0.29, 0.717) is 31.6 Å².